The number of ether oxygens (including phenoxy) is 1. The second-order valence-corrected chi connectivity index (χ2v) is 8.70. The number of rotatable bonds is 5. The van der Waals surface area contributed by atoms with Gasteiger partial charge < -0.3 is 14.5 Å². The second kappa shape index (κ2) is 7.85. The molecule has 3 aliphatic rings. The van der Waals surface area contributed by atoms with Crippen molar-refractivity contribution >= 4 is 11.9 Å². The third kappa shape index (κ3) is 3.73. The molecular weight excluding hydrogens is 382 g/mol. The van der Waals surface area contributed by atoms with Gasteiger partial charge in [0.05, 0.1) is 12.2 Å². The van der Waals surface area contributed by atoms with Gasteiger partial charge in [-0.2, -0.15) is 0 Å². The van der Waals surface area contributed by atoms with E-state index in [2.05, 4.69) is 38.0 Å². The van der Waals surface area contributed by atoms with E-state index in [1.54, 1.807) is 5.48 Å². The number of benzene rings is 1. The topological polar surface area (TPSA) is 90.8 Å². The summed E-state index contributed by atoms with van der Waals surface area (Å²) in [5.41, 5.74) is 5.04. The summed E-state index contributed by atoms with van der Waals surface area (Å²) in [6.45, 7) is 6.14. The maximum absolute atomic E-state index is 11.4. The number of likely N-dealkylation sites (tertiary alicyclic amines) is 1. The summed E-state index contributed by atoms with van der Waals surface area (Å²) < 4.78 is 5.60. The molecule has 0 aliphatic carbocycles. The molecule has 2 aromatic rings. The quantitative estimate of drug-likeness (QED) is 0.573. The molecule has 8 heteroatoms. The Kier molecular flexibility index (Phi) is 5.04. The molecule has 5 rings (SSSR count). The summed E-state index contributed by atoms with van der Waals surface area (Å²) in [5, 5.41) is 8.68. The van der Waals surface area contributed by atoms with Crippen LogP contribution in [0.3, 0.4) is 0 Å². The summed E-state index contributed by atoms with van der Waals surface area (Å²) in [7, 11) is 0. The minimum Gasteiger partial charge on any atom is -0.493 e. The van der Waals surface area contributed by atoms with E-state index in [1.807, 2.05) is 0 Å². The van der Waals surface area contributed by atoms with Gasteiger partial charge in [0.1, 0.15) is 5.75 Å². The lowest BCUT2D eigenvalue weighted by Crippen LogP contribution is -2.60. The Bertz CT molecular complexity index is 917. The molecule has 2 fully saturated rings. The van der Waals surface area contributed by atoms with E-state index in [9.17, 15) is 4.79 Å². The predicted molar refractivity (Wildman–Crippen MR) is 111 cm³/mol. The van der Waals surface area contributed by atoms with Gasteiger partial charge in [0.25, 0.3) is 5.91 Å². The summed E-state index contributed by atoms with van der Waals surface area (Å²) >= 11 is 0. The van der Waals surface area contributed by atoms with Crippen molar-refractivity contribution in [2.75, 3.05) is 44.2 Å². The summed E-state index contributed by atoms with van der Waals surface area (Å²) in [5.74, 6) is 1.11. The average Bonchev–Trinajstić information content (AvgIpc) is 3.24. The Balaban J connectivity index is 1.09. The number of hydrogen-bond donors (Lipinski definition) is 2. The highest BCUT2D eigenvalue weighted by atomic mass is 16.5. The number of carbonyl (C=O) groups excluding carboxylic acids is 1. The van der Waals surface area contributed by atoms with Gasteiger partial charge in [0.2, 0.25) is 5.95 Å². The van der Waals surface area contributed by atoms with Crippen LogP contribution < -0.4 is 15.1 Å². The highest BCUT2D eigenvalue weighted by Gasteiger charge is 2.44. The Morgan fingerprint density at radius 1 is 1.20 bits per heavy atom. The van der Waals surface area contributed by atoms with Crippen molar-refractivity contribution in [3.63, 3.8) is 0 Å². The standard InChI is InChI=1S/C22H27N5O3/c28-20(25-29)18-12-23-21(24-13-18)27-8-5-22(6-9-27)14-26(15-22)7-3-16-1-2-19-17(11-16)4-10-30-19/h1-2,11-13,29H,3-10,14-15H2,(H,25,28). The number of aromatic nitrogens is 2. The molecule has 0 radical (unpaired) electrons. The van der Waals surface area contributed by atoms with Crippen molar-refractivity contribution in [3.05, 3.63) is 47.3 Å². The van der Waals surface area contributed by atoms with Crippen LogP contribution in [-0.2, 0) is 12.8 Å². The molecule has 1 aromatic heterocycles. The Morgan fingerprint density at radius 3 is 2.70 bits per heavy atom. The molecule has 1 spiro atoms. The number of nitrogens with zero attached hydrogens (tertiary/aromatic N) is 4. The molecule has 158 valence electrons. The fraction of sp³-hybridized carbons (Fsp3) is 0.500. The third-order valence-corrected chi connectivity index (χ3v) is 6.70. The first-order valence-electron chi connectivity index (χ1n) is 10.6. The number of nitrogens with one attached hydrogen (secondary N) is 1. The first-order valence-corrected chi connectivity index (χ1v) is 10.6. The molecule has 2 N–H and O–H groups in total. The third-order valence-electron chi connectivity index (χ3n) is 6.70. The average molecular weight is 409 g/mol. The number of hydrogen-bond acceptors (Lipinski definition) is 7. The van der Waals surface area contributed by atoms with Crippen LogP contribution in [0.2, 0.25) is 0 Å². The monoisotopic (exact) mass is 409 g/mol. The largest absolute Gasteiger partial charge is 0.493 e. The summed E-state index contributed by atoms with van der Waals surface area (Å²) in [4.78, 5) is 24.7. The zero-order valence-electron chi connectivity index (χ0n) is 17.0. The van der Waals surface area contributed by atoms with Crippen LogP contribution in [-0.4, -0.2) is 65.3 Å². The van der Waals surface area contributed by atoms with Crippen molar-refractivity contribution < 1.29 is 14.7 Å². The van der Waals surface area contributed by atoms with Gasteiger partial charge in [-0.3, -0.25) is 10.0 Å². The minimum absolute atomic E-state index is 0.250. The molecule has 30 heavy (non-hydrogen) atoms. The number of anilines is 1. The van der Waals surface area contributed by atoms with E-state index in [0.29, 0.717) is 11.4 Å². The van der Waals surface area contributed by atoms with Crippen molar-refractivity contribution in [1.82, 2.24) is 20.3 Å². The van der Waals surface area contributed by atoms with Gasteiger partial charge >= 0.3 is 0 Å². The van der Waals surface area contributed by atoms with E-state index >= 15 is 0 Å². The summed E-state index contributed by atoms with van der Waals surface area (Å²) in [6.07, 6.45) is 7.32. The molecule has 1 amide bonds. The predicted octanol–water partition coefficient (Wildman–Crippen LogP) is 1.68. The van der Waals surface area contributed by atoms with Gasteiger partial charge in [0.15, 0.2) is 0 Å². The minimum atomic E-state index is -0.595. The normalized spacial score (nSPS) is 19.8. The number of hydroxylamine groups is 1. The van der Waals surface area contributed by atoms with Crippen molar-refractivity contribution in [3.8, 4) is 5.75 Å². The van der Waals surface area contributed by atoms with E-state index < -0.39 is 5.91 Å². The van der Waals surface area contributed by atoms with Crippen molar-refractivity contribution in [1.29, 1.82) is 0 Å². The lowest BCUT2D eigenvalue weighted by Gasteiger charge is -2.54. The fourth-order valence-corrected chi connectivity index (χ4v) is 4.91. The Hall–Kier alpha value is -2.71. The molecular formula is C22H27N5O3. The van der Waals surface area contributed by atoms with Crippen LogP contribution in [0.4, 0.5) is 5.95 Å². The van der Waals surface area contributed by atoms with E-state index in [0.717, 1.165) is 57.7 Å². The maximum atomic E-state index is 11.4. The number of amides is 1. The molecule has 1 aromatic carbocycles. The Labute approximate surface area is 175 Å². The molecule has 0 unspecified atom stereocenters. The van der Waals surface area contributed by atoms with E-state index in [4.69, 9.17) is 9.94 Å². The molecule has 2 saturated heterocycles. The highest BCUT2D eigenvalue weighted by Crippen LogP contribution is 2.41. The molecule has 8 nitrogen and oxygen atoms in total. The Morgan fingerprint density at radius 2 is 1.97 bits per heavy atom. The zero-order valence-corrected chi connectivity index (χ0v) is 17.0. The number of fused-ring (bicyclic) bond motifs is 1. The van der Waals surface area contributed by atoms with Crippen LogP contribution in [0, 0.1) is 5.41 Å². The van der Waals surface area contributed by atoms with Crippen LogP contribution in [0.5, 0.6) is 5.75 Å². The fourth-order valence-electron chi connectivity index (χ4n) is 4.91. The van der Waals surface area contributed by atoms with Crippen molar-refractivity contribution in [2.24, 2.45) is 5.41 Å². The molecule has 0 saturated carbocycles. The van der Waals surface area contributed by atoms with Gasteiger partial charge in [-0.05, 0) is 41.9 Å². The zero-order chi connectivity index (χ0) is 20.6. The highest BCUT2D eigenvalue weighted by molar-refractivity contribution is 5.92. The smallest absolute Gasteiger partial charge is 0.277 e. The van der Waals surface area contributed by atoms with Crippen LogP contribution in [0.1, 0.15) is 34.3 Å². The lowest BCUT2D eigenvalue weighted by molar-refractivity contribution is -0.0174. The molecule has 3 aliphatic heterocycles. The van der Waals surface area contributed by atoms with Crippen molar-refractivity contribution in [2.45, 2.75) is 25.7 Å². The first-order chi connectivity index (χ1) is 14.6. The number of piperidine rings is 1. The second-order valence-electron chi connectivity index (χ2n) is 8.70. The van der Waals surface area contributed by atoms with Crippen LogP contribution in [0.25, 0.3) is 0 Å². The van der Waals surface area contributed by atoms with E-state index in [-0.39, 0.29) is 5.56 Å². The van der Waals surface area contributed by atoms with Crippen LogP contribution >= 0.6 is 0 Å². The molecule has 0 bridgehead atoms. The summed E-state index contributed by atoms with van der Waals surface area (Å²) in [6, 6.07) is 6.63. The van der Waals surface area contributed by atoms with Gasteiger partial charge in [-0.25, -0.2) is 15.4 Å². The SMILES string of the molecule is O=C(NO)c1cnc(N2CCC3(CC2)CN(CCc2ccc4c(c2)CCO4)C3)nc1. The maximum Gasteiger partial charge on any atom is 0.277 e. The lowest BCUT2D eigenvalue weighted by atomic mass is 9.72. The molecule has 4 heterocycles. The van der Waals surface area contributed by atoms with Gasteiger partial charge in [-0.1, -0.05) is 12.1 Å². The number of carbonyl (C=O) groups is 1. The van der Waals surface area contributed by atoms with Crippen LogP contribution in [0.15, 0.2) is 30.6 Å². The molecule has 0 atom stereocenters. The van der Waals surface area contributed by atoms with Gasteiger partial charge in [-0.15, -0.1) is 0 Å². The first kappa shape index (κ1) is 19.3. The van der Waals surface area contributed by atoms with E-state index in [1.165, 1.54) is 36.6 Å². The van der Waals surface area contributed by atoms with Gasteiger partial charge in [0, 0.05) is 51.5 Å².